The molecule has 0 bridgehead atoms. The molecule has 3 rings (SSSR count). The number of hydrogen-bond acceptors (Lipinski definition) is 3. The van der Waals surface area contributed by atoms with Crippen molar-refractivity contribution in [1.29, 1.82) is 0 Å². The number of carbonyl (C=O) groups excluding carboxylic acids is 2. The largest absolute Gasteiger partial charge is 0.325 e. The molecule has 0 aliphatic rings. The summed E-state index contributed by atoms with van der Waals surface area (Å²) in [7, 11) is 0. The number of benzene rings is 3. The predicted octanol–water partition coefficient (Wildman–Crippen LogP) is 5.91. The Balaban J connectivity index is 1.74. The molecule has 0 aliphatic carbocycles. The molecule has 148 valence electrons. The van der Waals surface area contributed by atoms with E-state index in [-0.39, 0.29) is 18.1 Å². The number of anilines is 1. The molecule has 0 saturated carbocycles. The first kappa shape index (κ1) is 20.9. The van der Waals surface area contributed by atoms with Gasteiger partial charge >= 0.3 is 0 Å². The first-order valence-corrected chi connectivity index (χ1v) is 10.6. The van der Waals surface area contributed by atoms with Gasteiger partial charge in [0, 0.05) is 21.3 Å². The van der Waals surface area contributed by atoms with Gasteiger partial charge < -0.3 is 5.32 Å². The third-order valence-electron chi connectivity index (χ3n) is 4.39. The molecule has 0 spiro atoms. The van der Waals surface area contributed by atoms with Crippen molar-refractivity contribution in [2.24, 2.45) is 0 Å². The van der Waals surface area contributed by atoms with Crippen LogP contribution in [0.4, 0.5) is 5.69 Å². The van der Waals surface area contributed by atoms with Gasteiger partial charge in [0.2, 0.25) is 5.91 Å². The van der Waals surface area contributed by atoms with Crippen LogP contribution in [0.25, 0.3) is 0 Å². The summed E-state index contributed by atoms with van der Waals surface area (Å²) in [6, 6.07) is 22.7. The molecule has 0 aliphatic heterocycles. The summed E-state index contributed by atoms with van der Waals surface area (Å²) in [5.74, 6) is -0.236. The van der Waals surface area contributed by atoms with Crippen molar-refractivity contribution in [3.63, 3.8) is 0 Å². The number of nitrogens with one attached hydrogen (secondary N) is 1. The van der Waals surface area contributed by atoms with Crippen LogP contribution in [0.1, 0.15) is 40.9 Å². The van der Waals surface area contributed by atoms with E-state index in [0.29, 0.717) is 22.1 Å². The molecule has 1 N–H and O–H groups in total. The summed E-state index contributed by atoms with van der Waals surface area (Å²) in [6.07, 6.45) is 0.263. The second-order valence-electron chi connectivity index (χ2n) is 7.28. The number of amides is 1. The molecule has 3 nitrogen and oxygen atoms in total. The fourth-order valence-electron chi connectivity index (χ4n) is 3.04. The number of rotatable bonds is 7. The molecule has 3 aromatic carbocycles. The summed E-state index contributed by atoms with van der Waals surface area (Å²) in [6.45, 7) is 6.24. The third-order valence-corrected chi connectivity index (χ3v) is 5.41. The lowest BCUT2D eigenvalue weighted by Gasteiger charge is -2.12. The van der Waals surface area contributed by atoms with Crippen LogP contribution in [-0.2, 0) is 11.2 Å². The Morgan fingerprint density at radius 3 is 2.28 bits per heavy atom. The zero-order chi connectivity index (χ0) is 20.8. The lowest BCUT2D eigenvalue weighted by Crippen LogP contribution is -2.17. The average molecular weight is 404 g/mol. The number of aryl methyl sites for hydroxylation is 1. The summed E-state index contributed by atoms with van der Waals surface area (Å²) in [4.78, 5) is 26.7. The van der Waals surface area contributed by atoms with Crippen molar-refractivity contribution in [3.05, 3.63) is 95.1 Å². The fraction of sp³-hybridized carbons (Fsp3) is 0.200. The van der Waals surface area contributed by atoms with Crippen molar-refractivity contribution < 1.29 is 9.59 Å². The molecule has 0 saturated heterocycles. The molecule has 3 aromatic rings. The van der Waals surface area contributed by atoms with Gasteiger partial charge in [0.1, 0.15) is 0 Å². The molecule has 0 aromatic heterocycles. The third kappa shape index (κ3) is 5.81. The van der Waals surface area contributed by atoms with E-state index in [1.807, 2.05) is 61.5 Å². The molecule has 0 atom stereocenters. The van der Waals surface area contributed by atoms with E-state index in [4.69, 9.17) is 0 Å². The average Bonchev–Trinajstić information content (AvgIpc) is 2.70. The monoisotopic (exact) mass is 403 g/mol. The standard InChI is InChI=1S/C25H25NO2S/c1-17(2)29-21-12-10-19(11-13-21)16-24(27)26-23-14-9-18(3)15-22(23)25(28)20-7-5-4-6-8-20/h4-15,17H,16H2,1-3H3,(H,26,27). The fourth-order valence-corrected chi connectivity index (χ4v) is 3.88. The Kier molecular flexibility index (Phi) is 6.89. The summed E-state index contributed by atoms with van der Waals surface area (Å²) in [5, 5.41) is 3.44. The Labute approximate surface area is 176 Å². The van der Waals surface area contributed by atoms with Crippen LogP contribution >= 0.6 is 11.8 Å². The van der Waals surface area contributed by atoms with Gasteiger partial charge in [-0.15, -0.1) is 11.8 Å². The Hall–Kier alpha value is -2.85. The van der Waals surface area contributed by atoms with Gasteiger partial charge in [-0.05, 0) is 36.8 Å². The molecule has 0 radical (unpaired) electrons. The maximum Gasteiger partial charge on any atom is 0.228 e. The van der Waals surface area contributed by atoms with Crippen LogP contribution in [0.15, 0.2) is 77.7 Å². The molecular formula is C25H25NO2S. The van der Waals surface area contributed by atoms with Gasteiger partial charge in [0.05, 0.1) is 12.1 Å². The van der Waals surface area contributed by atoms with E-state index in [9.17, 15) is 9.59 Å². The van der Waals surface area contributed by atoms with Gasteiger partial charge in [-0.2, -0.15) is 0 Å². The summed E-state index contributed by atoms with van der Waals surface area (Å²) < 4.78 is 0. The van der Waals surface area contributed by atoms with E-state index < -0.39 is 0 Å². The number of ketones is 1. The minimum Gasteiger partial charge on any atom is -0.325 e. The molecule has 1 amide bonds. The number of thioether (sulfide) groups is 1. The van der Waals surface area contributed by atoms with E-state index in [1.54, 1.807) is 30.0 Å². The molecule has 4 heteroatoms. The number of carbonyl (C=O) groups is 2. The van der Waals surface area contributed by atoms with Gasteiger partial charge in [0.15, 0.2) is 5.78 Å². The zero-order valence-electron chi connectivity index (χ0n) is 16.9. The van der Waals surface area contributed by atoms with Crippen LogP contribution in [-0.4, -0.2) is 16.9 Å². The topological polar surface area (TPSA) is 46.2 Å². The van der Waals surface area contributed by atoms with Crippen molar-refractivity contribution in [1.82, 2.24) is 0 Å². The smallest absolute Gasteiger partial charge is 0.228 e. The van der Waals surface area contributed by atoms with Crippen LogP contribution in [0.5, 0.6) is 0 Å². The van der Waals surface area contributed by atoms with Gasteiger partial charge in [-0.3, -0.25) is 9.59 Å². The lowest BCUT2D eigenvalue weighted by molar-refractivity contribution is -0.115. The highest BCUT2D eigenvalue weighted by Crippen LogP contribution is 2.24. The molecule has 29 heavy (non-hydrogen) atoms. The Morgan fingerprint density at radius 2 is 1.62 bits per heavy atom. The quantitative estimate of drug-likeness (QED) is 0.394. The van der Waals surface area contributed by atoms with Crippen LogP contribution in [0.2, 0.25) is 0 Å². The van der Waals surface area contributed by atoms with Crippen LogP contribution in [0, 0.1) is 6.92 Å². The number of hydrogen-bond donors (Lipinski definition) is 1. The highest BCUT2D eigenvalue weighted by atomic mass is 32.2. The van der Waals surface area contributed by atoms with Gasteiger partial charge in [-0.25, -0.2) is 0 Å². The second kappa shape index (κ2) is 9.57. The SMILES string of the molecule is Cc1ccc(NC(=O)Cc2ccc(SC(C)C)cc2)c(C(=O)c2ccccc2)c1. The van der Waals surface area contributed by atoms with Crippen LogP contribution < -0.4 is 5.32 Å². The highest BCUT2D eigenvalue weighted by molar-refractivity contribution is 7.99. The second-order valence-corrected chi connectivity index (χ2v) is 8.93. The maximum atomic E-state index is 12.9. The minimum atomic E-state index is -0.139. The summed E-state index contributed by atoms with van der Waals surface area (Å²) >= 11 is 1.79. The van der Waals surface area contributed by atoms with E-state index in [2.05, 4.69) is 19.2 Å². The minimum absolute atomic E-state index is 0.0975. The van der Waals surface area contributed by atoms with Crippen LogP contribution in [0.3, 0.4) is 0 Å². The van der Waals surface area contributed by atoms with Crippen molar-refractivity contribution >= 4 is 29.1 Å². The van der Waals surface area contributed by atoms with E-state index in [0.717, 1.165) is 11.1 Å². The predicted molar refractivity (Wildman–Crippen MR) is 121 cm³/mol. The van der Waals surface area contributed by atoms with E-state index >= 15 is 0 Å². The van der Waals surface area contributed by atoms with Crippen molar-refractivity contribution in [2.45, 2.75) is 37.3 Å². The zero-order valence-corrected chi connectivity index (χ0v) is 17.8. The van der Waals surface area contributed by atoms with Gasteiger partial charge in [0.25, 0.3) is 0 Å². The maximum absolute atomic E-state index is 12.9. The Morgan fingerprint density at radius 1 is 0.931 bits per heavy atom. The first-order chi connectivity index (χ1) is 13.9. The first-order valence-electron chi connectivity index (χ1n) is 9.68. The Bertz CT molecular complexity index is 995. The molecule has 0 unspecified atom stereocenters. The molecule has 0 heterocycles. The summed E-state index contributed by atoms with van der Waals surface area (Å²) in [5.41, 5.74) is 3.57. The molecule has 0 fully saturated rings. The normalized spacial score (nSPS) is 10.8. The molecular weight excluding hydrogens is 378 g/mol. The van der Waals surface area contributed by atoms with Crippen molar-refractivity contribution in [3.8, 4) is 0 Å². The highest BCUT2D eigenvalue weighted by Gasteiger charge is 2.16. The van der Waals surface area contributed by atoms with Crippen molar-refractivity contribution in [2.75, 3.05) is 5.32 Å². The lowest BCUT2D eigenvalue weighted by atomic mass is 9.99. The van der Waals surface area contributed by atoms with Gasteiger partial charge in [-0.1, -0.05) is 67.9 Å². The van der Waals surface area contributed by atoms with E-state index in [1.165, 1.54) is 4.90 Å².